The fraction of sp³-hybridized carbons (Fsp3) is 0.296. The van der Waals surface area contributed by atoms with Crippen molar-refractivity contribution in [3.05, 3.63) is 93.8 Å². The molecule has 1 aliphatic rings. The molecule has 0 N–H and O–H groups in total. The van der Waals surface area contributed by atoms with Crippen molar-refractivity contribution < 1.29 is 17.9 Å². The van der Waals surface area contributed by atoms with E-state index in [1.807, 2.05) is 4.90 Å². The molecule has 0 saturated heterocycles. The molecule has 0 radical (unpaired) electrons. The van der Waals surface area contributed by atoms with Crippen molar-refractivity contribution in [2.45, 2.75) is 38.0 Å². The normalized spacial score (nSPS) is 15.9. The molecule has 1 aliphatic heterocycles. The van der Waals surface area contributed by atoms with E-state index >= 15 is 0 Å². The summed E-state index contributed by atoms with van der Waals surface area (Å²) in [5, 5.41) is 1.05. The number of hydrogen-bond donors (Lipinski definition) is 0. The molecule has 1 atom stereocenters. The Hall–Kier alpha value is -2.64. The molecule has 0 amide bonds. The van der Waals surface area contributed by atoms with Gasteiger partial charge in [-0.15, -0.1) is 0 Å². The maximum atomic E-state index is 14.6. The minimum absolute atomic E-state index is 0.163. The summed E-state index contributed by atoms with van der Waals surface area (Å²) in [5.41, 5.74) is 2.31. The molecule has 4 rings (SSSR count). The van der Waals surface area contributed by atoms with Gasteiger partial charge in [-0.1, -0.05) is 43.3 Å². The Kier molecular flexibility index (Phi) is 7.38. The molecule has 3 aromatic rings. The average Bonchev–Trinajstić information content (AvgIpc) is 3.24. The number of anilines is 1. The molecule has 1 heterocycles. The minimum atomic E-state index is -0.492. The van der Waals surface area contributed by atoms with Crippen LogP contribution in [0.2, 0.25) is 5.02 Å². The number of benzene rings is 3. The van der Waals surface area contributed by atoms with Crippen LogP contribution < -0.4 is 9.64 Å². The van der Waals surface area contributed by atoms with Crippen LogP contribution in [0.1, 0.15) is 30.5 Å². The van der Waals surface area contributed by atoms with Crippen LogP contribution in [-0.4, -0.2) is 24.9 Å². The van der Waals surface area contributed by atoms with Crippen molar-refractivity contribution in [1.29, 1.82) is 0 Å². The Morgan fingerprint density at radius 2 is 1.77 bits per heavy atom. The van der Waals surface area contributed by atoms with E-state index in [-0.39, 0.29) is 23.4 Å². The van der Waals surface area contributed by atoms with Crippen LogP contribution in [0, 0.1) is 24.4 Å². The van der Waals surface area contributed by atoms with Gasteiger partial charge in [0, 0.05) is 27.4 Å². The van der Waals surface area contributed by atoms with Gasteiger partial charge in [-0.3, -0.25) is 4.99 Å². The first-order chi connectivity index (χ1) is 16.6. The summed E-state index contributed by atoms with van der Waals surface area (Å²) < 4.78 is 47.6. The first kappa shape index (κ1) is 25.5. The van der Waals surface area contributed by atoms with Crippen LogP contribution in [0.15, 0.2) is 59.6 Å². The van der Waals surface area contributed by atoms with E-state index in [0.29, 0.717) is 28.1 Å². The predicted octanol–water partition coefficient (Wildman–Crippen LogP) is 7.53. The van der Waals surface area contributed by atoms with Crippen LogP contribution >= 0.6 is 23.4 Å². The summed E-state index contributed by atoms with van der Waals surface area (Å²) in [6.07, 6.45) is 0. The Balaban J connectivity index is 1.68. The molecule has 0 aliphatic carbocycles. The lowest BCUT2D eigenvalue weighted by molar-refractivity contribution is 0.379. The van der Waals surface area contributed by atoms with Gasteiger partial charge in [0.1, 0.15) is 11.6 Å². The number of methoxy groups -OCH3 is 1. The molecular formula is C27H26ClF3N2OS. The van der Waals surface area contributed by atoms with Crippen molar-refractivity contribution in [2.24, 2.45) is 4.99 Å². The van der Waals surface area contributed by atoms with Crippen LogP contribution in [0.25, 0.3) is 0 Å². The molecule has 3 nitrogen and oxygen atoms in total. The SMILES string of the molecule is COc1cc(C(C)(C)C2CN=C(SCc3c(F)cc(C)cc3Cl)N2c2ccc(F)cc2)ccc1F. The van der Waals surface area contributed by atoms with Gasteiger partial charge >= 0.3 is 0 Å². The van der Waals surface area contributed by atoms with Gasteiger partial charge in [0.15, 0.2) is 16.7 Å². The summed E-state index contributed by atoms with van der Waals surface area (Å²) in [7, 11) is 1.43. The van der Waals surface area contributed by atoms with Gasteiger partial charge in [0.2, 0.25) is 0 Å². The average molecular weight is 519 g/mol. The number of aryl methyl sites for hydroxylation is 1. The van der Waals surface area contributed by atoms with Crippen molar-refractivity contribution >= 4 is 34.2 Å². The topological polar surface area (TPSA) is 24.8 Å². The Morgan fingerprint density at radius 3 is 2.43 bits per heavy atom. The van der Waals surface area contributed by atoms with Crippen molar-refractivity contribution in [2.75, 3.05) is 18.6 Å². The van der Waals surface area contributed by atoms with Gasteiger partial charge in [-0.25, -0.2) is 13.2 Å². The summed E-state index contributed by atoms with van der Waals surface area (Å²) >= 11 is 7.70. The van der Waals surface area contributed by atoms with Crippen molar-refractivity contribution in [3.8, 4) is 5.75 Å². The Morgan fingerprint density at radius 1 is 1.06 bits per heavy atom. The molecule has 35 heavy (non-hydrogen) atoms. The third-order valence-corrected chi connectivity index (χ3v) is 7.74. The fourth-order valence-electron chi connectivity index (χ4n) is 4.27. The molecule has 8 heteroatoms. The predicted molar refractivity (Wildman–Crippen MR) is 138 cm³/mol. The lowest BCUT2D eigenvalue weighted by Crippen LogP contribution is -2.48. The zero-order chi connectivity index (χ0) is 25.3. The zero-order valence-corrected chi connectivity index (χ0v) is 21.5. The standard InChI is InChI=1S/C27H26ClF3N2OS/c1-16-11-21(28)20(23(31)12-16)15-35-26-32-14-25(33(26)19-8-6-18(29)7-9-19)27(2,3)17-5-10-22(30)24(13-17)34-4/h5-13,25H,14-15H2,1-4H3. The van der Waals surface area contributed by atoms with Gasteiger partial charge < -0.3 is 9.64 Å². The molecular weight excluding hydrogens is 493 g/mol. The summed E-state index contributed by atoms with van der Waals surface area (Å²) in [6, 6.07) is 14.1. The highest BCUT2D eigenvalue weighted by Gasteiger charge is 2.41. The first-order valence-electron chi connectivity index (χ1n) is 11.1. The highest BCUT2D eigenvalue weighted by molar-refractivity contribution is 8.13. The summed E-state index contributed by atoms with van der Waals surface area (Å²) in [4.78, 5) is 6.82. The van der Waals surface area contributed by atoms with Crippen LogP contribution in [0.5, 0.6) is 5.75 Å². The number of nitrogens with zero attached hydrogens (tertiary/aromatic N) is 2. The number of ether oxygens (including phenoxy) is 1. The second kappa shape index (κ2) is 10.2. The fourth-order valence-corrected chi connectivity index (χ4v) is 5.78. The number of thioether (sulfide) groups is 1. The largest absolute Gasteiger partial charge is 0.494 e. The minimum Gasteiger partial charge on any atom is -0.494 e. The maximum absolute atomic E-state index is 14.6. The van der Waals surface area contributed by atoms with E-state index in [0.717, 1.165) is 16.8 Å². The number of hydrogen-bond acceptors (Lipinski definition) is 4. The quantitative estimate of drug-likeness (QED) is 0.337. The van der Waals surface area contributed by atoms with E-state index < -0.39 is 11.2 Å². The zero-order valence-electron chi connectivity index (χ0n) is 19.9. The van der Waals surface area contributed by atoms with Crippen LogP contribution in [0.4, 0.5) is 18.9 Å². The highest BCUT2D eigenvalue weighted by Crippen LogP contribution is 2.40. The number of aliphatic imine (C=N–C) groups is 1. The van der Waals surface area contributed by atoms with Gasteiger partial charge in [0.05, 0.1) is 19.7 Å². The Labute approximate surface area is 213 Å². The smallest absolute Gasteiger partial charge is 0.165 e. The summed E-state index contributed by atoms with van der Waals surface area (Å²) in [5.74, 6) is -0.671. The molecule has 0 aromatic heterocycles. The Bertz CT molecular complexity index is 1240. The molecule has 3 aromatic carbocycles. The third-order valence-electron chi connectivity index (χ3n) is 6.38. The third kappa shape index (κ3) is 5.16. The van der Waals surface area contributed by atoms with E-state index in [4.69, 9.17) is 21.3 Å². The molecule has 0 fully saturated rings. The van der Waals surface area contributed by atoms with E-state index in [2.05, 4.69) is 13.8 Å². The van der Waals surface area contributed by atoms with E-state index in [1.54, 1.807) is 37.3 Å². The van der Waals surface area contributed by atoms with E-state index in [9.17, 15) is 13.2 Å². The molecule has 0 saturated carbocycles. The molecule has 0 bridgehead atoms. The van der Waals surface area contributed by atoms with Crippen LogP contribution in [0.3, 0.4) is 0 Å². The van der Waals surface area contributed by atoms with Gasteiger partial charge in [-0.05, 0) is 66.6 Å². The lowest BCUT2D eigenvalue weighted by Gasteiger charge is -2.39. The van der Waals surface area contributed by atoms with Gasteiger partial charge in [0.25, 0.3) is 0 Å². The molecule has 184 valence electrons. The van der Waals surface area contributed by atoms with Crippen molar-refractivity contribution in [3.63, 3.8) is 0 Å². The number of halogens is 4. The van der Waals surface area contributed by atoms with E-state index in [1.165, 1.54) is 43.1 Å². The summed E-state index contributed by atoms with van der Waals surface area (Å²) in [6.45, 7) is 6.36. The second-order valence-corrected chi connectivity index (χ2v) is 10.4. The monoisotopic (exact) mass is 518 g/mol. The molecule has 1 unspecified atom stereocenters. The van der Waals surface area contributed by atoms with Crippen LogP contribution in [-0.2, 0) is 11.2 Å². The maximum Gasteiger partial charge on any atom is 0.165 e. The lowest BCUT2D eigenvalue weighted by atomic mass is 9.77. The number of rotatable bonds is 6. The van der Waals surface area contributed by atoms with Crippen molar-refractivity contribution in [1.82, 2.24) is 0 Å². The highest BCUT2D eigenvalue weighted by atomic mass is 35.5. The number of amidine groups is 1. The second-order valence-electron chi connectivity index (χ2n) is 9.05. The van der Waals surface area contributed by atoms with Gasteiger partial charge in [-0.2, -0.15) is 0 Å². The molecule has 0 spiro atoms. The first-order valence-corrected chi connectivity index (χ1v) is 12.5.